The molecular weight excluding hydrogens is 474 g/mol. The smallest absolute Gasteiger partial charge is 0.197 e. The van der Waals surface area contributed by atoms with Crippen LogP contribution in [0.15, 0.2) is 41.2 Å². The lowest BCUT2D eigenvalue weighted by Crippen LogP contribution is -2.52. The third-order valence-electron chi connectivity index (χ3n) is 9.13. The Morgan fingerprint density at radius 1 is 0.632 bits per heavy atom. The number of hydrogen-bond acceptors (Lipinski definition) is 5. The minimum Gasteiger partial charge on any atom is -0.343 e. The molecule has 3 aromatic rings. The topological polar surface area (TPSA) is 62.6 Å². The SMILES string of the molecule is Cn1c2ccc(C(=O)C(C)(C)N3CCCCC3)cc2c(=O)c2cc(C(=O)C(C)(C)N3CCCCC3)ccc21. The molecule has 0 atom stereocenters. The Kier molecular flexibility index (Phi) is 7.08. The van der Waals surface area contributed by atoms with E-state index in [1.165, 1.54) is 12.8 Å². The molecule has 0 spiro atoms. The van der Waals surface area contributed by atoms with Crippen molar-refractivity contribution in [2.45, 2.75) is 77.3 Å². The maximum absolute atomic E-state index is 13.8. The zero-order valence-corrected chi connectivity index (χ0v) is 23.6. The molecule has 38 heavy (non-hydrogen) atoms. The summed E-state index contributed by atoms with van der Waals surface area (Å²) in [5.74, 6) is 0.0753. The van der Waals surface area contributed by atoms with E-state index in [0.717, 1.165) is 62.9 Å². The van der Waals surface area contributed by atoms with Gasteiger partial charge in [-0.25, -0.2) is 0 Å². The number of piperidine rings is 2. The van der Waals surface area contributed by atoms with Crippen LogP contribution in [0.5, 0.6) is 0 Å². The van der Waals surface area contributed by atoms with E-state index in [2.05, 4.69) is 9.80 Å². The number of aryl methyl sites for hydroxylation is 1. The van der Waals surface area contributed by atoms with E-state index >= 15 is 0 Å². The molecule has 2 aliphatic heterocycles. The number of likely N-dealkylation sites (tertiary alicyclic amines) is 2. The van der Waals surface area contributed by atoms with Crippen LogP contribution in [-0.2, 0) is 7.05 Å². The van der Waals surface area contributed by atoms with Gasteiger partial charge in [0.25, 0.3) is 0 Å². The molecule has 0 amide bonds. The normalized spacial score (nSPS) is 18.2. The lowest BCUT2D eigenvalue weighted by Gasteiger charge is -2.39. The molecule has 6 heteroatoms. The van der Waals surface area contributed by atoms with Gasteiger partial charge < -0.3 is 4.57 Å². The Hall–Kier alpha value is -2.83. The van der Waals surface area contributed by atoms with Gasteiger partial charge in [-0.15, -0.1) is 0 Å². The van der Waals surface area contributed by atoms with Gasteiger partial charge >= 0.3 is 0 Å². The number of carbonyl (C=O) groups excluding carboxylic acids is 2. The summed E-state index contributed by atoms with van der Waals surface area (Å²) in [5.41, 5.74) is 1.28. The van der Waals surface area contributed by atoms with Crippen molar-refractivity contribution in [2.24, 2.45) is 7.05 Å². The summed E-state index contributed by atoms with van der Waals surface area (Å²) >= 11 is 0. The number of rotatable bonds is 6. The predicted molar refractivity (Wildman–Crippen MR) is 154 cm³/mol. The molecule has 202 valence electrons. The van der Waals surface area contributed by atoms with Crippen molar-refractivity contribution in [2.75, 3.05) is 26.2 Å². The van der Waals surface area contributed by atoms with Gasteiger partial charge in [0, 0.05) is 28.9 Å². The highest BCUT2D eigenvalue weighted by atomic mass is 16.1. The maximum atomic E-state index is 13.8. The lowest BCUT2D eigenvalue weighted by atomic mass is 9.88. The van der Waals surface area contributed by atoms with Gasteiger partial charge in [0.1, 0.15) is 0 Å². The largest absolute Gasteiger partial charge is 0.343 e. The molecule has 2 aliphatic rings. The second-order valence-electron chi connectivity index (χ2n) is 12.2. The van der Waals surface area contributed by atoms with E-state index in [-0.39, 0.29) is 17.0 Å². The van der Waals surface area contributed by atoms with Crippen LogP contribution >= 0.6 is 0 Å². The van der Waals surface area contributed by atoms with Crippen molar-refractivity contribution in [1.29, 1.82) is 0 Å². The molecule has 2 aromatic carbocycles. The summed E-state index contributed by atoms with van der Waals surface area (Å²) in [6.45, 7) is 11.6. The standard InChI is InChI=1S/C32H41N3O3/c1-31(2,34-16-8-6-9-17-34)29(37)22-12-14-26-24(20-22)28(36)25-21-23(13-15-27(25)33(26)5)30(38)32(3,4)35-18-10-7-11-19-35/h12-15,20-21H,6-11,16-19H2,1-5H3. The molecule has 3 heterocycles. The number of pyridine rings is 1. The van der Waals surface area contributed by atoms with Gasteiger partial charge in [-0.2, -0.15) is 0 Å². The van der Waals surface area contributed by atoms with Crippen LogP contribution < -0.4 is 5.43 Å². The summed E-state index contributed by atoms with van der Waals surface area (Å²) in [6, 6.07) is 11.0. The fourth-order valence-corrected chi connectivity index (χ4v) is 6.48. The molecule has 0 unspecified atom stereocenters. The van der Waals surface area contributed by atoms with Gasteiger partial charge in [0.05, 0.1) is 22.1 Å². The Labute approximate surface area is 225 Å². The van der Waals surface area contributed by atoms with Crippen LogP contribution in [0.1, 0.15) is 86.9 Å². The highest BCUT2D eigenvalue weighted by Gasteiger charge is 2.37. The average molecular weight is 516 g/mol. The van der Waals surface area contributed by atoms with Crippen molar-refractivity contribution in [1.82, 2.24) is 14.4 Å². The van der Waals surface area contributed by atoms with E-state index in [0.29, 0.717) is 21.9 Å². The fraction of sp³-hybridized carbons (Fsp3) is 0.531. The quantitative estimate of drug-likeness (QED) is 0.317. The van der Waals surface area contributed by atoms with Gasteiger partial charge in [-0.3, -0.25) is 24.2 Å². The number of Topliss-reactive ketones (excluding diaryl/α,β-unsaturated/α-hetero) is 2. The molecule has 6 nitrogen and oxygen atoms in total. The van der Waals surface area contributed by atoms with Crippen molar-refractivity contribution in [3.63, 3.8) is 0 Å². The third kappa shape index (κ3) is 4.52. The number of benzene rings is 2. The van der Waals surface area contributed by atoms with Crippen molar-refractivity contribution < 1.29 is 9.59 Å². The van der Waals surface area contributed by atoms with Crippen molar-refractivity contribution >= 4 is 33.4 Å². The Bertz CT molecular complexity index is 1350. The number of hydrogen-bond donors (Lipinski definition) is 0. The van der Waals surface area contributed by atoms with E-state index in [4.69, 9.17) is 0 Å². The number of carbonyl (C=O) groups is 2. The first kappa shape index (κ1) is 26.8. The first-order valence-electron chi connectivity index (χ1n) is 14.2. The predicted octanol–water partition coefficient (Wildman–Crippen LogP) is 5.59. The van der Waals surface area contributed by atoms with E-state index in [1.807, 2.05) is 63.6 Å². The highest BCUT2D eigenvalue weighted by molar-refractivity contribution is 6.08. The van der Waals surface area contributed by atoms with Crippen LogP contribution in [0.2, 0.25) is 0 Å². The lowest BCUT2D eigenvalue weighted by molar-refractivity contribution is 0.0576. The Morgan fingerprint density at radius 2 is 1.00 bits per heavy atom. The summed E-state index contributed by atoms with van der Waals surface area (Å²) in [4.78, 5) is 45.7. The number of aromatic nitrogens is 1. The molecule has 2 saturated heterocycles. The van der Waals surface area contributed by atoms with Gasteiger partial charge in [0.15, 0.2) is 17.0 Å². The summed E-state index contributed by atoms with van der Waals surface area (Å²) in [5, 5.41) is 1.03. The fourth-order valence-electron chi connectivity index (χ4n) is 6.48. The molecule has 1 aromatic heterocycles. The maximum Gasteiger partial charge on any atom is 0.197 e. The highest BCUT2D eigenvalue weighted by Crippen LogP contribution is 2.29. The number of nitrogens with zero attached hydrogens (tertiary/aromatic N) is 3. The van der Waals surface area contributed by atoms with Gasteiger partial charge in [-0.05, 0) is 116 Å². The van der Waals surface area contributed by atoms with Crippen LogP contribution in [0, 0.1) is 0 Å². The van der Waals surface area contributed by atoms with Crippen molar-refractivity contribution in [3.8, 4) is 0 Å². The van der Waals surface area contributed by atoms with Crippen LogP contribution in [0.3, 0.4) is 0 Å². The second-order valence-corrected chi connectivity index (χ2v) is 12.2. The van der Waals surface area contributed by atoms with Crippen LogP contribution in [-0.4, -0.2) is 63.2 Å². The second kappa shape index (κ2) is 10.0. The van der Waals surface area contributed by atoms with E-state index in [9.17, 15) is 14.4 Å². The molecule has 0 radical (unpaired) electrons. The summed E-state index contributed by atoms with van der Waals surface area (Å²) in [7, 11) is 1.93. The molecule has 0 N–H and O–H groups in total. The van der Waals surface area contributed by atoms with E-state index < -0.39 is 11.1 Å². The first-order chi connectivity index (χ1) is 18.0. The van der Waals surface area contributed by atoms with Crippen molar-refractivity contribution in [3.05, 3.63) is 57.7 Å². The molecular formula is C32H41N3O3. The molecule has 0 saturated carbocycles. The third-order valence-corrected chi connectivity index (χ3v) is 9.13. The molecule has 2 fully saturated rings. The summed E-state index contributed by atoms with van der Waals surface area (Å²) < 4.78 is 1.99. The molecule has 0 bridgehead atoms. The minimum absolute atomic E-state index is 0.0376. The molecule has 0 aliphatic carbocycles. The minimum atomic E-state index is -0.629. The number of fused-ring (bicyclic) bond motifs is 2. The van der Waals surface area contributed by atoms with Gasteiger partial charge in [0.2, 0.25) is 0 Å². The average Bonchev–Trinajstić information content (AvgIpc) is 2.95. The first-order valence-corrected chi connectivity index (χ1v) is 14.2. The van der Waals surface area contributed by atoms with Crippen LogP contribution in [0.4, 0.5) is 0 Å². The summed E-state index contributed by atoms with van der Waals surface area (Å²) in [6.07, 6.45) is 6.85. The number of ketones is 2. The zero-order chi connectivity index (χ0) is 27.2. The monoisotopic (exact) mass is 515 g/mol. The van der Waals surface area contributed by atoms with Gasteiger partial charge in [-0.1, -0.05) is 12.8 Å². The zero-order valence-electron chi connectivity index (χ0n) is 23.6. The Morgan fingerprint density at radius 3 is 1.37 bits per heavy atom. The van der Waals surface area contributed by atoms with Crippen LogP contribution in [0.25, 0.3) is 21.8 Å². The Balaban J connectivity index is 1.56. The molecule has 5 rings (SSSR count). The van der Waals surface area contributed by atoms with E-state index in [1.54, 1.807) is 12.1 Å².